The van der Waals surface area contributed by atoms with Crippen LogP contribution in [-0.2, 0) is 6.42 Å². The molecule has 0 aliphatic rings. The molecule has 6 nitrogen and oxygen atoms in total. The van der Waals surface area contributed by atoms with Crippen LogP contribution in [0.4, 0.5) is 5.00 Å². The Morgan fingerprint density at radius 3 is 2.56 bits per heavy atom. The maximum atomic E-state index is 12.0. The number of benzene rings is 1. The molecule has 0 fully saturated rings. The molecule has 3 aromatic rings. The van der Waals surface area contributed by atoms with E-state index >= 15 is 0 Å². The number of rotatable bonds is 5. The fourth-order valence-electron chi connectivity index (χ4n) is 2.60. The molecule has 1 aromatic carbocycles. The highest BCUT2D eigenvalue weighted by molar-refractivity contribution is 7.80. The van der Waals surface area contributed by atoms with Gasteiger partial charge in [-0.15, -0.1) is 11.3 Å². The van der Waals surface area contributed by atoms with E-state index in [0.717, 1.165) is 16.0 Å². The lowest BCUT2D eigenvalue weighted by molar-refractivity contribution is 0.0949. The number of nitrogens with one attached hydrogen (secondary N) is 2. The quantitative estimate of drug-likeness (QED) is 0.571. The topological polar surface area (TPSA) is 97.4 Å². The smallest absolute Gasteiger partial charge is 0.293 e. The summed E-state index contributed by atoms with van der Waals surface area (Å²) < 4.78 is 5.03. The Hall–Kier alpha value is -2.97. The molecule has 0 atom stereocenters. The number of hydrogen-bond acceptors (Lipinski definition) is 5. The minimum absolute atomic E-state index is 0.0615. The number of thiocarbonyl (C=S) groups is 1. The molecule has 138 valence electrons. The average Bonchev–Trinajstić information content (AvgIpc) is 3.25. The zero-order valence-electron chi connectivity index (χ0n) is 14.4. The minimum atomic E-state index is -0.550. The Balaban J connectivity index is 1.79. The first-order chi connectivity index (χ1) is 13.0. The van der Waals surface area contributed by atoms with Gasteiger partial charge >= 0.3 is 0 Å². The Bertz CT molecular complexity index is 979. The van der Waals surface area contributed by atoms with Crippen molar-refractivity contribution < 1.29 is 14.0 Å². The highest BCUT2D eigenvalue weighted by atomic mass is 32.1. The maximum absolute atomic E-state index is 12.0. The van der Waals surface area contributed by atoms with Gasteiger partial charge in [-0.3, -0.25) is 14.9 Å². The van der Waals surface area contributed by atoms with Crippen LogP contribution in [0.15, 0.2) is 53.1 Å². The summed E-state index contributed by atoms with van der Waals surface area (Å²) in [5.74, 6) is -0.886. The Morgan fingerprint density at radius 1 is 1.19 bits per heavy atom. The van der Waals surface area contributed by atoms with Crippen molar-refractivity contribution in [1.29, 1.82) is 0 Å². The predicted octanol–water partition coefficient (Wildman–Crippen LogP) is 3.47. The van der Waals surface area contributed by atoms with Crippen LogP contribution in [0.1, 0.15) is 36.9 Å². The summed E-state index contributed by atoms with van der Waals surface area (Å²) in [7, 11) is 0. The largest absolute Gasteiger partial charge is 0.459 e. The molecule has 0 bridgehead atoms. The van der Waals surface area contributed by atoms with Crippen LogP contribution in [0.3, 0.4) is 0 Å². The normalized spacial score (nSPS) is 10.4. The summed E-state index contributed by atoms with van der Waals surface area (Å²) in [6.45, 7) is 1.85. The molecule has 0 aliphatic carbocycles. The van der Waals surface area contributed by atoms with Crippen molar-refractivity contribution >= 4 is 45.5 Å². The Morgan fingerprint density at radius 2 is 1.93 bits per heavy atom. The van der Waals surface area contributed by atoms with E-state index in [-0.39, 0.29) is 10.9 Å². The third-order valence-corrected chi connectivity index (χ3v) is 5.31. The van der Waals surface area contributed by atoms with E-state index < -0.39 is 11.8 Å². The van der Waals surface area contributed by atoms with Gasteiger partial charge in [0.25, 0.3) is 11.8 Å². The second-order valence-corrected chi connectivity index (χ2v) is 7.28. The molecule has 8 heteroatoms. The van der Waals surface area contributed by atoms with Crippen LogP contribution in [0.2, 0.25) is 0 Å². The first-order valence-corrected chi connectivity index (χ1v) is 9.30. The SMILES string of the molecule is Cc1c(Cc2ccccc2)sc(NC(=S)NC(=O)c2ccco2)c1C(N)=O. The van der Waals surface area contributed by atoms with Crippen molar-refractivity contribution in [2.45, 2.75) is 13.3 Å². The average molecular weight is 399 g/mol. The van der Waals surface area contributed by atoms with Gasteiger partial charge in [0.2, 0.25) is 0 Å². The number of carbonyl (C=O) groups is 2. The van der Waals surface area contributed by atoms with E-state index in [2.05, 4.69) is 10.6 Å². The molecule has 2 amide bonds. The lowest BCUT2D eigenvalue weighted by Crippen LogP contribution is -2.34. The van der Waals surface area contributed by atoms with Crippen molar-refractivity contribution in [3.05, 3.63) is 76.1 Å². The number of nitrogens with two attached hydrogens (primary N) is 1. The van der Waals surface area contributed by atoms with Crippen LogP contribution >= 0.6 is 23.6 Å². The molecule has 3 rings (SSSR count). The highest BCUT2D eigenvalue weighted by Crippen LogP contribution is 2.34. The van der Waals surface area contributed by atoms with E-state index in [1.807, 2.05) is 37.3 Å². The second-order valence-electron chi connectivity index (χ2n) is 5.77. The van der Waals surface area contributed by atoms with Crippen molar-refractivity contribution in [1.82, 2.24) is 5.32 Å². The Kier molecular flexibility index (Phi) is 5.68. The monoisotopic (exact) mass is 399 g/mol. The van der Waals surface area contributed by atoms with Crippen LogP contribution < -0.4 is 16.4 Å². The standard InChI is InChI=1S/C19H17N3O3S2/c1-11-14(10-12-6-3-2-4-7-12)27-18(15(11)16(20)23)22-19(26)21-17(24)13-8-5-9-25-13/h2-9H,10H2,1H3,(H2,20,23)(H2,21,22,24,26). The molecule has 27 heavy (non-hydrogen) atoms. The molecule has 4 N–H and O–H groups in total. The van der Waals surface area contributed by atoms with E-state index in [0.29, 0.717) is 17.0 Å². The van der Waals surface area contributed by atoms with Gasteiger partial charge < -0.3 is 15.5 Å². The van der Waals surface area contributed by atoms with Gasteiger partial charge in [-0.2, -0.15) is 0 Å². The summed E-state index contributed by atoms with van der Waals surface area (Å²) in [6.07, 6.45) is 2.07. The van der Waals surface area contributed by atoms with Crippen LogP contribution in [-0.4, -0.2) is 16.9 Å². The summed E-state index contributed by atoms with van der Waals surface area (Å²) in [6, 6.07) is 13.0. The number of amides is 2. The second kappa shape index (κ2) is 8.15. The van der Waals surface area contributed by atoms with Crippen LogP contribution in [0, 0.1) is 6.92 Å². The van der Waals surface area contributed by atoms with Crippen LogP contribution in [0.25, 0.3) is 0 Å². The zero-order chi connectivity index (χ0) is 19.4. The molecular formula is C19H17N3O3S2. The van der Waals surface area contributed by atoms with Crippen molar-refractivity contribution in [2.24, 2.45) is 5.73 Å². The molecule has 0 saturated heterocycles. The fraction of sp³-hybridized carbons (Fsp3) is 0.105. The molecule has 0 aliphatic heterocycles. The first-order valence-electron chi connectivity index (χ1n) is 8.07. The number of thiophene rings is 1. The highest BCUT2D eigenvalue weighted by Gasteiger charge is 2.21. The van der Waals surface area contributed by atoms with E-state index in [1.165, 1.54) is 23.7 Å². The van der Waals surface area contributed by atoms with Gasteiger partial charge in [-0.05, 0) is 42.4 Å². The third kappa shape index (κ3) is 4.42. The van der Waals surface area contributed by atoms with Gasteiger partial charge in [0, 0.05) is 11.3 Å². The number of carbonyl (C=O) groups excluding carboxylic acids is 2. The summed E-state index contributed by atoms with van der Waals surface area (Å²) in [5, 5.41) is 6.00. The number of primary amides is 1. The van der Waals surface area contributed by atoms with E-state index in [9.17, 15) is 9.59 Å². The molecule has 0 radical (unpaired) electrons. The van der Waals surface area contributed by atoms with Crippen molar-refractivity contribution in [3.63, 3.8) is 0 Å². The number of furan rings is 1. The number of hydrogen-bond donors (Lipinski definition) is 3. The Labute approximate surface area is 165 Å². The zero-order valence-corrected chi connectivity index (χ0v) is 16.1. The molecule has 0 spiro atoms. The number of anilines is 1. The minimum Gasteiger partial charge on any atom is -0.459 e. The molecule has 0 unspecified atom stereocenters. The van der Waals surface area contributed by atoms with Gasteiger partial charge in [-0.25, -0.2) is 0 Å². The predicted molar refractivity (Wildman–Crippen MR) is 109 cm³/mol. The van der Waals surface area contributed by atoms with E-state index in [4.69, 9.17) is 22.4 Å². The van der Waals surface area contributed by atoms with Gasteiger partial charge in [-0.1, -0.05) is 30.3 Å². The molecule has 2 heterocycles. The van der Waals surface area contributed by atoms with Gasteiger partial charge in [0.05, 0.1) is 11.8 Å². The lowest BCUT2D eigenvalue weighted by Gasteiger charge is -2.08. The fourth-order valence-corrected chi connectivity index (χ4v) is 4.11. The van der Waals surface area contributed by atoms with Gasteiger partial charge in [0.15, 0.2) is 10.9 Å². The van der Waals surface area contributed by atoms with E-state index in [1.54, 1.807) is 6.07 Å². The first kappa shape index (κ1) is 18.8. The summed E-state index contributed by atoms with van der Waals surface area (Å²) >= 11 is 6.57. The van der Waals surface area contributed by atoms with Crippen molar-refractivity contribution in [2.75, 3.05) is 5.32 Å². The summed E-state index contributed by atoms with van der Waals surface area (Å²) in [5.41, 5.74) is 7.86. The lowest BCUT2D eigenvalue weighted by atomic mass is 10.1. The van der Waals surface area contributed by atoms with Gasteiger partial charge in [0.1, 0.15) is 5.00 Å². The van der Waals surface area contributed by atoms with Crippen molar-refractivity contribution in [3.8, 4) is 0 Å². The third-order valence-electron chi connectivity index (χ3n) is 3.90. The maximum Gasteiger partial charge on any atom is 0.293 e. The molecular weight excluding hydrogens is 382 g/mol. The van der Waals surface area contributed by atoms with Crippen LogP contribution in [0.5, 0.6) is 0 Å². The summed E-state index contributed by atoms with van der Waals surface area (Å²) in [4.78, 5) is 25.0. The molecule has 0 saturated carbocycles. The molecule has 2 aromatic heterocycles.